The lowest BCUT2D eigenvalue weighted by Gasteiger charge is -2.28. The van der Waals surface area contributed by atoms with Crippen LogP contribution < -0.4 is 10.1 Å². The number of halogens is 1. The highest BCUT2D eigenvalue weighted by molar-refractivity contribution is 5.34. The topological polar surface area (TPSA) is 21.3 Å². The van der Waals surface area contributed by atoms with Gasteiger partial charge in [0.15, 0.2) is 0 Å². The van der Waals surface area contributed by atoms with E-state index in [9.17, 15) is 4.39 Å². The molecule has 0 amide bonds. The summed E-state index contributed by atoms with van der Waals surface area (Å²) in [5.41, 5.74) is 1.01. The quantitative estimate of drug-likeness (QED) is 0.887. The molecule has 100 valence electrons. The van der Waals surface area contributed by atoms with Crippen molar-refractivity contribution in [2.24, 2.45) is 5.92 Å². The van der Waals surface area contributed by atoms with Gasteiger partial charge in [0.1, 0.15) is 11.6 Å². The predicted octanol–water partition coefficient (Wildman–Crippen LogP) is 3.16. The number of ether oxygens (including phenoxy) is 1. The van der Waals surface area contributed by atoms with E-state index < -0.39 is 0 Å². The van der Waals surface area contributed by atoms with Crippen LogP contribution >= 0.6 is 0 Å². The lowest BCUT2D eigenvalue weighted by atomic mass is 9.82. The summed E-state index contributed by atoms with van der Waals surface area (Å²) < 4.78 is 18.6. The Labute approximate surface area is 109 Å². The molecule has 1 aliphatic rings. The summed E-state index contributed by atoms with van der Waals surface area (Å²) in [6.45, 7) is 0. The number of benzene rings is 1. The van der Waals surface area contributed by atoms with Crippen LogP contribution in [0.2, 0.25) is 0 Å². The largest absolute Gasteiger partial charge is 0.496 e. The molecule has 1 N–H and O–H groups in total. The molecule has 1 aromatic rings. The fourth-order valence-corrected chi connectivity index (χ4v) is 2.87. The minimum Gasteiger partial charge on any atom is -0.496 e. The zero-order chi connectivity index (χ0) is 13.0. The first-order valence-corrected chi connectivity index (χ1v) is 6.72. The Kier molecular flexibility index (Phi) is 4.59. The van der Waals surface area contributed by atoms with Gasteiger partial charge < -0.3 is 10.1 Å². The summed E-state index contributed by atoms with van der Waals surface area (Å²) in [7, 11) is 3.68. The average molecular weight is 251 g/mol. The third kappa shape index (κ3) is 3.22. The summed E-state index contributed by atoms with van der Waals surface area (Å²) in [4.78, 5) is 0. The van der Waals surface area contributed by atoms with E-state index in [0.717, 1.165) is 17.7 Å². The van der Waals surface area contributed by atoms with Crippen molar-refractivity contribution in [3.05, 3.63) is 29.6 Å². The molecule has 0 aliphatic heterocycles. The number of methoxy groups -OCH3 is 1. The summed E-state index contributed by atoms with van der Waals surface area (Å²) >= 11 is 0. The normalized spacial score (nSPS) is 23.9. The lowest BCUT2D eigenvalue weighted by Crippen LogP contribution is -2.30. The van der Waals surface area contributed by atoms with Crippen LogP contribution in [0.4, 0.5) is 4.39 Å². The van der Waals surface area contributed by atoms with Gasteiger partial charge in [-0.3, -0.25) is 0 Å². The highest BCUT2D eigenvalue weighted by Crippen LogP contribution is 2.30. The first-order valence-electron chi connectivity index (χ1n) is 6.72. The Morgan fingerprint density at radius 3 is 2.61 bits per heavy atom. The maximum atomic E-state index is 13.3. The maximum absolute atomic E-state index is 13.3. The van der Waals surface area contributed by atoms with Gasteiger partial charge in [-0.05, 0) is 68.8 Å². The van der Waals surface area contributed by atoms with Crippen molar-refractivity contribution >= 4 is 0 Å². The molecular formula is C15H22FNO. The predicted molar refractivity (Wildman–Crippen MR) is 71.5 cm³/mol. The van der Waals surface area contributed by atoms with E-state index in [1.54, 1.807) is 19.2 Å². The Balaban J connectivity index is 1.99. The second-order valence-electron chi connectivity index (χ2n) is 5.17. The SMILES string of the molecule is CNC1CCC(Cc2cc(F)ccc2OC)CC1. The number of hydrogen-bond donors (Lipinski definition) is 1. The first-order chi connectivity index (χ1) is 8.72. The molecule has 0 saturated heterocycles. The van der Waals surface area contributed by atoms with Crippen molar-refractivity contribution in [2.75, 3.05) is 14.2 Å². The van der Waals surface area contributed by atoms with Gasteiger partial charge in [-0.25, -0.2) is 4.39 Å². The van der Waals surface area contributed by atoms with E-state index in [1.165, 1.54) is 31.7 Å². The minimum atomic E-state index is -0.172. The van der Waals surface area contributed by atoms with Gasteiger partial charge in [0.05, 0.1) is 7.11 Å². The van der Waals surface area contributed by atoms with Crippen molar-refractivity contribution in [3.63, 3.8) is 0 Å². The van der Waals surface area contributed by atoms with Gasteiger partial charge >= 0.3 is 0 Å². The fraction of sp³-hybridized carbons (Fsp3) is 0.600. The maximum Gasteiger partial charge on any atom is 0.123 e. The van der Waals surface area contributed by atoms with E-state index >= 15 is 0 Å². The van der Waals surface area contributed by atoms with Crippen LogP contribution in [-0.2, 0) is 6.42 Å². The van der Waals surface area contributed by atoms with Crippen LogP contribution in [-0.4, -0.2) is 20.2 Å². The summed E-state index contributed by atoms with van der Waals surface area (Å²) in [6, 6.07) is 5.46. The summed E-state index contributed by atoms with van der Waals surface area (Å²) in [5.74, 6) is 1.30. The monoisotopic (exact) mass is 251 g/mol. The zero-order valence-corrected chi connectivity index (χ0v) is 11.2. The van der Waals surface area contributed by atoms with Crippen molar-refractivity contribution in [3.8, 4) is 5.75 Å². The smallest absolute Gasteiger partial charge is 0.123 e. The molecule has 1 fully saturated rings. The molecular weight excluding hydrogens is 229 g/mol. The van der Waals surface area contributed by atoms with Gasteiger partial charge in [-0.1, -0.05) is 0 Å². The van der Waals surface area contributed by atoms with Crippen LogP contribution in [0, 0.1) is 11.7 Å². The molecule has 0 unspecified atom stereocenters. The highest BCUT2D eigenvalue weighted by Gasteiger charge is 2.21. The lowest BCUT2D eigenvalue weighted by molar-refractivity contribution is 0.297. The molecule has 1 aliphatic carbocycles. The number of nitrogens with one attached hydrogen (secondary N) is 1. The van der Waals surface area contributed by atoms with Crippen molar-refractivity contribution in [1.29, 1.82) is 0 Å². The fourth-order valence-electron chi connectivity index (χ4n) is 2.87. The van der Waals surface area contributed by atoms with E-state index in [2.05, 4.69) is 5.32 Å². The highest BCUT2D eigenvalue weighted by atomic mass is 19.1. The summed E-state index contributed by atoms with van der Waals surface area (Å²) in [5, 5.41) is 3.34. The second kappa shape index (κ2) is 6.19. The van der Waals surface area contributed by atoms with Gasteiger partial charge in [0.25, 0.3) is 0 Å². The number of hydrogen-bond acceptors (Lipinski definition) is 2. The molecule has 18 heavy (non-hydrogen) atoms. The Hall–Kier alpha value is -1.09. The van der Waals surface area contributed by atoms with Crippen molar-refractivity contribution in [2.45, 2.75) is 38.1 Å². The zero-order valence-electron chi connectivity index (χ0n) is 11.2. The molecule has 0 heterocycles. The second-order valence-corrected chi connectivity index (χ2v) is 5.17. The van der Waals surface area contributed by atoms with E-state index in [-0.39, 0.29) is 5.82 Å². The van der Waals surface area contributed by atoms with Gasteiger partial charge in [0, 0.05) is 6.04 Å². The summed E-state index contributed by atoms with van der Waals surface area (Å²) in [6.07, 6.45) is 5.80. The molecule has 3 heteroatoms. The van der Waals surface area contributed by atoms with E-state index in [1.807, 2.05) is 7.05 Å². The van der Waals surface area contributed by atoms with Crippen LogP contribution in [0.3, 0.4) is 0 Å². The molecule has 0 bridgehead atoms. The standard InChI is InChI=1S/C15H22FNO/c1-17-14-6-3-11(4-7-14)9-12-10-13(16)5-8-15(12)18-2/h5,8,10-11,14,17H,3-4,6-7,9H2,1-2H3. The molecule has 2 rings (SSSR count). The third-order valence-electron chi connectivity index (χ3n) is 4.01. The van der Waals surface area contributed by atoms with E-state index in [4.69, 9.17) is 4.74 Å². The van der Waals surface area contributed by atoms with E-state index in [0.29, 0.717) is 12.0 Å². The molecule has 0 radical (unpaired) electrons. The van der Waals surface area contributed by atoms with Gasteiger partial charge in [0.2, 0.25) is 0 Å². The number of rotatable bonds is 4. The van der Waals surface area contributed by atoms with Crippen LogP contribution in [0.1, 0.15) is 31.2 Å². The van der Waals surface area contributed by atoms with Gasteiger partial charge in [-0.15, -0.1) is 0 Å². The van der Waals surface area contributed by atoms with Crippen molar-refractivity contribution < 1.29 is 9.13 Å². The Morgan fingerprint density at radius 2 is 2.00 bits per heavy atom. The molecule has 0 atom stereocenters. The Morgan fingerprint density at radius 1 is 1.28 bits per heavy atom. The van der Waals surface area contributed by atoms with Gasteiger partial charge in [-0.2, -0.15) is 0 Å². The molecule has 0 aromatic heterocycles. The third-order valence-corrected chi connectivity index (χ3v) is 4.01. The van der Waals surface area contributed by atoms with Crippen LogP contribution in [0.25, 0.3) is 0 Å². The minimum absolute atomic E-state index is 0.172. The van der Waals surface area contributed by atoms with Crippen LogP contribution in [0.5, 0.6) is 5.75 Å². The van der Waals surface area contributed by atoms with Crippen LogP contribution in [0.15, 0.2) is 18.2 Å². The molecule has 2 nitrogen and oxygen atoms in total. The Bertz CT molecular complexity index is 386. The molecule has 1 saturated carbocycles. The first kappa shape index (κ1) is 13.3. The average Bonchev–Trinajstić information content (AvgIpc) is 2.40. The van der Waals surface area contributed by atoms with Crippen molar-refractivity contribution in [1.82, 2.24) is 5.32 Å². The molecule has 1 aromatic carbocycles. The molecule has 0 spiro atoms.